The SMILES string of the molecule is COCCN(C)CC=CC(=O)N1CC[C@@H](N(C)c2nc(OC[C@@]34CCCN3C[C@H](F)C4)nc3c(F)c(-c4cccc5cccc(Cl)c45)ncc23)C1. The predicted molar refractivity (Wildman–Crippen MR) is 196 cm³/mol. The third-order valence-corrected chi connectivity index (χ3v) is 11.0. The molecule has 7 rings (SSSR count). The quantitative estimate of drug-likeness (QED) is 0.170. The number of alkyl halides is 1. The van der Waals surface area contributed by atoms with Crippen LogP contribution in [0.15, 0.2) is 54.7 Å². The summed E-state index contributed by atoms with van der Waals surface area (Å²) in [7, 11) is 5.54. The summed E-state index contributed by atoms with van der Waals surface area (Å²) in [5, 5.41) is 2.48. The summed E-state index contributed by atoms with van der Waals surface area (Å²) in [6.07, 6.45) is 7.05. The van der Waals surface area contributed by atoms with Gasteiger partial charge in [-0.3, -0.25) is 14.7 Å². The molecule has 0 N–H and O–H groups in total. The van der Waals surface area contributed by atoms with Crippen LogP contribution in [0.5, 0.6) is 6.01 Å². The Morgan fingerprint density at radius 1 is 1.16 bits per heavy atom. The smallest absolute Gasteiger partial charge is 0.319 e. The summed E-state index contributed by atoms with van der Waals surface area (Å²) in [4.78, 5) is 35.2. The van der Waals surface area contributed by atoms with Gasteiger partial charge in [0.1, 0.15) is 29.8 Å². The number of aromatic nitrogens is 3. The van der Waals surface area contributed by atoms with E-state index >= 15 is 4.39 Å². The second-order valence-electron chi connectivity index (χ2n) is 14.0. The van der Waals surface area contributed by atoms with E-state index in [1.165, 1.54) is 0 Å². The molecule has 3 atom stereocenters. The van der Waals surface area contributed by atoms with Gasteiger partial charge in [-0.2, -0.15) is 9.97 Å². The molecular weight excluding hydrogens is 676 g/mol. The van der Waals surface area contributed by atoms with Crippen molar-refractivity contribution in [2.75, 3.05) is 78.6 Å². The van der Waals surface area contributed by atoms with Crippen molar-refractivity contribution in [3.05, 3.63) is 65.6 Å². The number of likely N-dealkylation sites (tertiary alicyclic amines) is 1. The van der Waals surface area contributed by atoms with E-state index in [1.54, 1.807) is 31.5 Å². The van der Waals surface area contributed by atoms with Crippen molar-refractivity contribution in [3.8, 4) is 17.3 Å². The molecule has 10 nitrogen and oxygen atoms in total. The van der Waals surface area contributed by atoms with E-state index in [2.05, 4.69) is 19.8 Å². The average molecular weight is 720 g/mol. The molecule has 5 heterocycles. The first kappa shape index (κ1) is 35.4. The minimum Gasteiger partial charge on any atom is -0.461 e. The highest BCUT2D eigenvalue weighted by Gasteiger charge is 2.49. The number of pyridine rings is 1. The second kappa shape index (κ2) is 14.9. The maximum absolute atomic E-state index is 16.8. The summed E-state index contributed by atoms with van der Waals surface area (Å²) in [5.41, 5.74) is 0.312. The zero-order valence-electron chi connectivity index (χ0n) is 29.3. The van der Waals surface area contributed by atoms with Crippen LogP contribution in [-0.4, -0.2) is 127 Å². The average Bonchev–Trinajstić information content (AvgIpc) is 3.84. The van der Waals surface area contributed by atoms with E-state index in [9.17, 15) is 9.18 Å². The van der Waals surface area contributed by atoms with E-state index in [-0.39, 0.29) is 35.8 Å². The fourth-order valence-corrected chi connectivity index (χ4v) is 8.18. The van der Waals surface area contributed by atoms with E-state index < -0.39 is 17.5 Å². The minimum atomic E-state index is -0.911. The van der Waals surface area contributed by atoms with Crippen LogP contribution >= 0.6 is 11.6 Å². The number of fused-ring (bicyclic) bond motifs is 3. The maximum atomic E-state index is 16.8. The maximum Gasteiger partial charge on any atom is 0.319 e. The molecule has 1 amide bonds. The Kier molecular flexibility index (Phi) is 10.4. The number of hydrogen-bond acceptors (Lipinski definition) is 9. The van der Waals surface area contributed by atoms with Gasteiger partial charge >= 0.3 is 6.01 Å². The highest BCUT2D eigenvalue weighted by molar-refractivity contribution is 6.36. The number of anilines is 1. The Morgan fingerprint density at radius 2 is 1.98 bits per heavy atom. The normalized spacial score (nSPS) is 22.2. The van der Waals surface area contributed by atoms with E-state index in [0.29, 0.717) is 72.8 Å². The number of rotatable bonds is 12. The van der Waals surface area contributed by atoms with Crippen LogP contribution in [0.1, 0.15) is 25.7 Å². The second-order valence-corrected chi connectivity index (χ2v) is 14.4. The van der Waals surface area contributed by atoms with Gasteiger partial charge in [0.05, 0.1) is 17.5 Å². The molecule has 3 aliphatic heterocycles. The van der Waals surface area contributed by atoms with Gasteiger partial charge in [-0.05, 0) is 44.3 Å². The highest BCUT2D eigenvalue weighted by Crippen LogP contribution is 2.41. The summed E-state index contributed by atoms with van der Waals surface area (Å²) < 4.78 is 42.8. The number of amides is 1. The third kappa shape index (κ3) is 7.11. The lowest BCUT2D eigenvalue weighted by molar-refractivity contribution is -0.125. The van der Waals surface area contributed by atoms with Gasteiger partial charge < -0.3 is 24.2 Å². The van der Waals surface area contributed by atoms with Gasteiger partial charge in [0.15, 0.2) is 5.82 Å². The number of likely N-dealkylation sites (N-methyl/N-ethyl adjacent to an activating group) is 2. The third-order valence-electron chi connectivity index (χ3n) is 10.7. The summed E-state index contributed by atoms with van der Waals surface area (Å²) in [6, 6.07) is 11.1. The zero-order valence-corrected chi connectivity index (χ0v) is 30.1. The van der Waals surface area contributed by atoms with Crippen LogP contribution in [0, 0.1) is 5.82 Å². The van der Waals surface area contributed by atoms with Crippen LogP contribution < -0.4 is 9.64 Å². The molecule has 51 heavy (non-hydrogen) atoms. The van der Waals surface area contributed by atoms with Gasteiger partial charge in [-0.15, -0.1) is 0 Å². The number of carbonyl (C=O) groups excluding carboxylic acids is 1. The fraction of sp³-hybridized carbons (Fsp3) is 0.474. The molecule has 13 heteroatoms. The number of benzene rings is 2. The Morgan fingerprint density at radius 3 is 2.80 bits per heavy atom. The first-order valence-electron chi connectivity index (χ1n) is 17.6. The first-order valence-corrected chi connectivity index (χ1v) is 18.0. The lowest BCUT2D eigenvalue weighted by atomic mass is 9.95. The lowest BCUT2D eigenvalue weighted by Gasteiger charge is -2.31. The van der Waals surface area contributed by atoms with E-state index in [1.807, 2.05) is 54.2 Å². The van der Waals surface area contributed by atoms with Crippen molar-refractivity contribution in [3.63, 3.8) is 0 Å². The molecule has 2 aromatic carbocycles. The summed E-state index contributed by atoms with van der Waals surface area (Å²) in [5.74, 6) is -0.220. The first-order chi connectivity index (χ1) is 24.7. The van der Waals surface area contributed by atoms with Crippen molar-refractivity contribution in [2.45, 2.75) is 43.4 Å². The Bertz CT molecular complexity index is 1940. The molecule has 4 aromatic rings. The molecule has 0 spiro atoms. The molecule has 0 unspecified atom stereocenters. The molecular formula is C38H44ClF2N7O3. The summed E-state index contributed by atoms with van der Waals surface area (Å²) in [6.45, 7) is 4.50. The molecule has 0 bridgehead atoms. The Hall–Kier alpha value is -3.97. The Labute approximate surface area is 302 Å². The van der Waals surface area contributed by atoms with Crippen LogP contribution in [0.2, 0.25) is 5.02 Å². The van der Waals surface area contributed by atoms with Gasteiger partial charge in [0.2, 0.25) is 5.91 Å². The topological polar surface area (TPSA) is 87.2 Å². The van der Waals surface area contributed by atoms with Gasteiger partial charge in [0.25, 0.3) is 0 Å². The van der Waals surface area contributed by atoms with Crippen molar-refractivity contribution < 1.29 is 23.0 Å². The Balaban J connectivity index is 1.20. The van der Waals surface area contributed by atoms with E-state index in [4.69, 9.17) is 26.1 Å². The fourth-order valence-electron chi connectivity index (χ4n) is 7.89. The largest absolute Gasteiger partial charge is 0.461 e. The standard InChI is InChI=1S/C38H44ClF2N7O3/c1-45(18-19-50-3)15-6-12-31(49)47-17-13-27(23-47)46(2)36-29-21-42-34(28-10-4-8-25-9-5-11-30(39)32(25)28)33(41)35(29)43-37(44-36)51-24-38-14-7-16-48(38)22-26(40)20-38/h4-6,8-12,21,26-27H,7,13-20,22-24H2,1-3H3/t26-,27-,38+/m1/s1. The number of ether oxygens (including phenoxy) is 2. The van der Waals surface area contributed by atoms with Crippen molar-refractivity contribution in [1.82, 2.24) is 29.7 Å². The monoisotopic (exact) mass is 719 g/mol. The molecule has 0 saturated carbocycles. The number of carbonyl (C=O) groups is 1. The molecule has 0 aliphatic carbocycles. The predicted octanol–water partition coefficient (Wildman–Crippen LogP) is 5.76. The number of nitrogens with zero attached hydrogens (tertiary/aromatic N) is 7. The molecule has 3 fully saturated rings. The van der Waals surface area contributed by atoms with Crippen LogP contribution in [-0.2, 0) is 9.53 Å². The molecule has 270 valence electrons. The van der Waals surface area contributed by atoms with Crippen molar-refractivity contribution in [1.29, 1.82) is 0 Å². The van der Waals surface area contributed by atoms with Gasteiger partial charge in [-0.25, -0.2) is 8.78 Å². The van der Waals surface area contributed by atoms with E-state index in [0.717, 1.165) is 31.3 Å². The summed E-state index contributed by atoms with van der Waals surface area (Å²) >= 11 is 6.63. The molecule has 0 radical (unpaired) electrons. The number of hydrogen-bond donors (Lipinski definition) is 0. The molecule has 2 aromatic heterocycles. The van der Waals surface area contributed by atoms with Crippen LogP contribution in [0.25, 0.3) is 32.9 Å². The molecule has 3 aliphatic rings. The molecule has 3 saturated heterocycles. The lowest BCUT2D eigenvalue weighted by Crippen LogP contribution is -2.43. The minimum absolute atomic E-state index is 0.0198. The van der Waals surface area contributed by atoms with Gasteiger partial charge in [-0.1, -0.05) is 48.0 Å². The zero-order chi connectivity index (χ0) is 35.7. The number of halogens is 3. The van der Waals surface area contributed by atoms with Gasteiger partial charge in [0, 0.05) is 87.6 Å². The van der Waals surface area contributed by atoms with Crippen molar-refractivity contribution >= 4 is 45.0 Å². The van der Waals surface area contributed by atoms with Crippen molar-refractivity contribution in [2.24, 2.45) is 0 Å². The van der Waals surface area contributed by atoms with Crippen LogP contribution in [0.3, 0.4) is 0 Å². The highest BCUT2D eigenvalue weighted by atomic mass is 35.5. The van der Waals surface area contributed by atoms with Crippen LogP contribution in [0.4, 0.5) is 14.6 Å². The number of methoxy groups -OCH3 is 1.